The highest BCUT2D eigenvalue weighted by Gasteiger charge is 2.33. The van der Waals surface area contributed by atoms with Crippen LogP contribution in [0.2, 0.25) is 0 Å². The summed E-state index contributed by atoms with van der Waals surface area (Å²) < 4.78 is 1.82. The molecule has 1 nitrogen and oxygen atoms in total. The molecular weight excluding hydrogens is 372 g/mol. The van der Waals surface area contributed by atoms with Crippen molar-refractivity contribution in [3.05, 3.63) is 0 Å². The molecule has 92 valence electrons. The van der Waals surface area contributed by atoms with Gasteiger partial charge in [0.1, 0.15) is 10.8 Å². The van der Waals surface area contributed by atoms with Gasteiger partial charge in [-0.1, -0.05) is 69.6 Å². The smallest absolute Gasteiger partial charge is 0.208 e. The van der Waals surface area contributed by atoms with E-state index in [2.05, 4.69) is 0 Å². The zero-order chi connectivity index (χ0) is 12.3. The lowest BCUT2D eigenvalue weighted by molar-refractivity contribution is 0.135. The Kier molecular flexibility index (Phi) is 8.08. The second-order valence-corrected chi connectivity index (χ2v) is 8.35. The average Bonchev–Trinajstić information content (AvgIpc) is 2.00. The zero-order valence-electron chi connectivity index (χ0n) is 7.00. The molecule has 0 saturated heterocycles. The van der Waals surface area contributed by atoms with Crippen molar-refractivity contribution in [2.45, 2.75) is 18.3 Å². The maximum Gasteiger partial charge on any atom is 0.208 e. The molecule has 2 atom stereocenters. The highest BCUT2D eigenvalue weighted by atomic mass is 35.6. The van der Waals surface area contributed by atoms with E-state index in [1.54, 1.807) is 0 Å². The number of hydrogen-bond donors (Lipinski definition) is 0. The van der Waals surface area contributed by atoms with Crippen LogP contribution in [0.25, 0.3) is 0 Å². The second-order valence-electron chi connectivity index (χ2n) is 2.56. The SMILES string of the molecule is Cl[C@H](COC[C@@H](Cl)C(Cl)(Cl)Cl)C(Cl)(Cl)Cl. The fourth-order valence-electron chi connectivity index (χ4n) is 0.464. The molecule has 0 spiro atoms. The van der Waals surface area contributed by atoms with Crippen molar-refractivity contribution < 1.29 is 4.74 Å². The molecule has 0 aromatic heterocycles. The van der Waals surface area contributed by atoms with Gasteiger partial charge in [-0.05, 0) is 0 Å². The zero-order valence-corrected chi connectivity index (χ0v) is 13.0. The average molecular weight is 378 g/mol. The van der Waals surface area contributed by atoms with Gasteiger partial charge in [-0.3, -0.25) is 0 Å². The topological polar surface area (TPSA) is 9.23 Å². The fraction of sp³-hybridized carbons (Fsp3) is 1.00. The molecule has 0 amide bonds. The predicted octanol–water partition coefficient (Wildman–Crippen LogP) is 4.96. The highest BCUT2D eigenvalue weighted by Crippen LogP contribution is 2.35. The molecule has 0 aliphatic heterocycles. The van der Waals surface area contributed by atoms with Gasteiger partial charge in [0, 0.05) is 0 Å². The van der Waals surface area contributed by atoms with E-state index in [1.165, 1.54) is 0 Å². The van der Waals surface area contributed by atoms with Crippen LogP contribution in [0.1, 0.15) is 0 Å². The van der Waals surface area contributed by atoms with Crippen LogP contribution in [0.3, 0.4) is 0 Å². The van der Waals surface area contributed by atoms with Crippen molar-refractivity contribution in [1.82, 2.24) is 0 Å². The van der Waals surface area contributed by atoms with Crippen molar-refractivity contribution in [3.8, 4) is 0 Å². The third-order valence-corrected chi connectivity index (χ3v) is 4.40. The van der Waals surface area contributed by atoms with Crippen LogP contribution in [0.15, 0.2) is 0 Å². The molecule has 0 fully saturated rings. The van der Waals surface area contributed by atoms with Crippen LogP contribution in [0, 0.1) is 0 Å². The molecule has 0 aliphatic carbocycles. The van der Waals surface area contributed by atoms with Crippen molar-refractivity contribution >= 4 is 92.8 Å². The fourth-order valence-corrected chi connectivity index (χ4v) is 1.02. The largest absolute Gasteiger partial charge is 0.378 e. The van der Waals surface area contributed by atoms with Gasteiger partial charge in [-0.25, -0.2) is 0 Å². The summed E-state index contributed by atoms with van der Waals surface area (Å²) in [5.41, 5.74) is 0. The molecule has 0 bridgehead atoms. The summed E-state index contributed by atoms with van der Waals surface area (Å²) in [5.74, 6) is 0. The Balaban J connectivity index is 3.81. The summed E-state index contributed by atoms with van der Waals surface area (Å²) in [6, 6.07) is 0. The molecule has 0 unspecified atom stereocenters. The first kappa shape index (κ1) is 17.3. The number of ether oxygens (including phenoxy) is 1. The first-order chi connectivity index (χ1) is 6.55. The van der Waals surface area contributed by atoms with Gasteiger partial charge >= 0.3 is 0 Å². The summed E-state index contributed by atoms with van der Waals surface area (Å²) in [5, 5.41) is -1.61. The Morgan fingerprint density at radius 1 is 0.733 bits per heavy atom. The number of alkyl halides is 8. The van der Waals surface area contributed by atoms with E-state index in [9.17, 15) is 0 Å². The van der Waals surface area contributed by atoms with E-state index in [0.29, 0.717) is 0 Å². The van der Waals surface area contributed by atoms with E-state index in [1.807, 2.05) is 0 Å². The Hall–Kier alpha value is 2.28. The normalized spacial score (nSPS) is 17.6. The number of rotatable bonds is 4. The standard InChI is InChI=1S/C6H6Cl8O/c7-3(5(9,10)11)1-15-2-4(8)6(12,13)14/h3-4H,1-2H2/t3-,4-/m1/s1. The Morgan fingerprint density at radius 2 is 1.00 bits per heavy atom. The summed E-state index contributed by atoms with van der Waals surface area (Å²) in [7, 11) is 0. The first-order valence-corrected chi connectivity index (χ1v) is 6.68. The van der Waals surface area contributed by atoms with Crippen molar-refractivity contribution in [2.75, 3.05) is 13.2 Å². The van der Waals surface area contributed by atoms with Gasteiger partial charge in [0.25, 0.3) is 0 Å². The van der Waals surface area contributed by atoms with Crippen molar-refractivity contribution in [2.24, 2.45) is 0 Å². The molecule has 15 heavy (non-hydrogen) atoms. The second kappa shape index (κ2) is 7.01. The third kappa shape index (κ3) is 8.07. The first-order valence-electron chi connectivity index (χ1n) is 3.54. The van der Waals surface area contributed by atoms with Crippen LogP contribution in [0.5, 0.6) is 0 Å². The van der Waals surface area contributed by atoms with Crippen LogP contribution in [0.4, 0.5) is 0 Å². The van der Waals surface area contributed by atoms with Crippen molar-refractivity contribution in [1.29, 1.82) is 0 Å². The van der Waals surface area contributed by atoms with E-state index < -0.39 is 18.3 Å². The minimum Gasteiger partial charge on any atom is -0.378 e. The number of halogens is 8. The van der Waals surface area contributed by atoms with Crippen LogP contribution in [-0.2, 0) is 4.74 Å². The molecule has 0 heterocycles. The molecular formula is C6H6Cl8O. The van der Waals surface area contributed by atoms with E-state index in [-0.39, 0.29) is 13.2 Å². The maximum atomic E-state index is 5.69. The summed E-state index contributed by atoms with van der Waals surface area (Å²) >= 11 is 44.4. The van der Waals surface area contributed by atoms with Crippen LogP contribution < -0.4 is 0 Å². The van der Waals surface area contributed by atoms with Crippen molar-refractivity contribution in [3.63, 3.8) is 0 Å². The van der Waals surface area contributed by atoms with Gasteiger partial charge < -0.3 is 4.74 Å². The summed E-state index contributed by atoms with van der Waals surface area (Å²) in [4.78, 5) is 0. The monoisotopic (exact) mass is 374 g/mol. The Morgan fingerprint density at radius 3 is 1.20 bits per heavy atom. The molecule has 0 aromatic rings. The van der Waals surface area contributed by atoms with E-state index >= 15 is 0 Å². The van der Waals surface area contributed by atoms with E-state index in [4.69, 9.17) is 97.5 Å². The van der Waals surface area contributed by atoms with Crippen LogP contribution in [-0.4, -0.2) is 31.6 Å². The van der Waals surface area contributed by atoms with Gasteiger partial charge in [0.05, 0.1) is 13.2 Å². The maximum absolute atomic E-state index is 5.69. The number of hydrogen-bond acceptors (Lipinski definition) is 1. The minimum absolute atomic E-state index is 0.0119. The highest BCUT2D eigenvalue weighted by molar-refractivity contribution is 6.70. The molecule has 0 saturated carbocycles. The summed E-state index contributed by atoms with van der Waals surface area (Å²) in [6.07, 6.45) is 0. The molecule has 0 radical (unpaired) electrons. The van der Waals surface area contributed by atoms with Gasteiger partial charge in [0.15, 0.2) is 0 Å². The molecule has 0 aromatic carbocycles. The van der Waals surface area contributed by atoms with E-state index in [0.717, 1.165) is 0 Å². The Bertz CT molecular complexity index is 165. The van der Waals surface area contributed by atoms with Crippen LogP contribution >= 0.6 is 92.8 Å². The third-order valence-electron chi connectivity index (χ3n) is 1.24. The predicted molar refractivity (Wildman–Crippen MR) is 70.7 cm³/mol. The lowest BCUT2D eigenvalue weighted by Crippen LogP contribution is -2.30. The molecule has 0 aliphatic rings. The molecule has 9 heteroatoms. The quantitative estimate of drug-likeness (QED) is 0.629. The van der Waals surface area contributed by atoms with Gasteiger partial charge in [-0.2, -0.15) is 0 Å². The Labute approximate surface area is 128 Å². The lowest BCUT2D eigenvalue weighted by atomic mass is 10.4. The lowest BCUT2D eigenvalue weighted by Gasteiger charge is -2.21. The van der Waals surface area contributed by atoms with Gasteiger partial charge in [-0.15, -0.1) is 23.2 Å². The van der Waals surface area contributed by atoms with Gasteiger partial charge in [0.2, 0.25) is 7.59 Å². The molecule has 0 N–H and O–H groups in total. The summed E-state index contributed by atoms with van der Waals surface area (Å²) in [6.45, 7) is -0.0238. The minimum atomic E-state index is -1.61. The molecule has 0 rings (SSSR count).